The molecule has 0 aliphatic rings. The van der Waals surface area contributed by atoms with Crippen LogP contribution >= 0.6 is 0 Å². The van der Waals surface area contributed by atoms with Gasteiger partial charge in [0.05, 0.1) is 22.3 Å². The summed E-state index contributed by atoms with van der Waals surface area (Å²) in [4.78, 5) is 49.8. The van der Waals surface area contributed by atoms with E-state index in [1.54, 1.807) is 0 Å². The lowest BCUT2D eigenvalue weighted by Gasteiger charge is -2.43. The third-order valence-electron chi connectivity index (χ3n) is 10.9. The van der Waals surface area contributed by atoms with Crippen LogP contribution in [0.3, 0.4) is 0 Å². The summed E-state index contributed by atoms with van der Waals surface area (Å²) < 4.78 is 526. The monoisotopic (exact) mass is 1390 g/mol. The number of rotatable bonds is 30. The number of benzene rings is 1. The minimum Gasteiger partial charge on any atom is -0.478 e. The van der Waals surface area contributed by atoms with E-state index < -0.39 is 221 Å². The normalized spacial score (nSPS) is 15.3. The fourth-order valence-electron chi connectivity index (χ4n) is 6.08. The molecule has 0 aliphatic carbocycles. The van der Waals surface area contributed by atoms with E-state index in [-0.39, 0.29) is 12.1 Å². The van der Waals surface area contributed by atoms with E-state index in [2.05, 4.69) is 9.47 Å². The summed E-state index contributed by atoms with van der Waals surface area (Å²) in [7, 11) is -16.2. The van der Waals surface area contributed by atoms with Gasteiger partial charge in [0.15, 0.2) is 0 Å². The molecule has 2 N–H and O–H groups in total. The zero-order valence-corrected chi connectivity index (χ0v) is 42.0. The van der Waals surface area contributed by atoms with Crippen LogP contribution in [0.15, 0.2) is 12.1 Å². The van der Waals surface area contributed by atoms with E-state index in [9.17, 15) is 196 Å². The van der Waals surface area contributed by atoms with Crippen LogP contribution in [0.5, 0.6) is 0 Å². The average Bonchev–Trinajstić information content (AvgIpc) is 0.712. The summed E-state index contributed by atoms with van der Waals surface area (Å²) in [6, 6.07) is -0.746. The molecule has 1 rings (SSSR count). The Morgan fingerprint density at radius 1 is 0.349 bits per heavy atom. The standard InChI is InChI=1S/C36H26F34N2O12S2/c1-3-5-71(85(79,80)35(67,68)31(57,58)27(49,50)23(41,42)21(37,38)25(45,46)29(53,54)33(61,62)63)7-9-83-19(77)15-11-14(18(75)76)16(12-13(15)17(73)74)20(78)84-10-8-72(6-4-2)86(81,82)36(69,70)32(59,60)28(51,52)24(43,44)22(39,40)26(47,48)30(55,56)34(64,65)66/h11-12H,3-10H2,1-2H3,(H,73,74)(H,75,76). The van der Waals surface area contributed by atoms with Crippen molar-refractivity contribution >= 4 is 43.9 Å². The van der Waals surface area contributed by atoms with E-state index >= 15 is 0 Å². The molecular formula is C36H26F34N2O12S2. The molecule has 0 unspecified atom stereocenters. The molecular weight excluding hydrogens is 1360 g/mol. The molecule has 0 radical (unpaired) electrons. The Kier molecular flexibility index (Phi) is 21.5. The highest BCUT2D eigenvalue weighted by molar-refractivity contribution is 7.90. The second-order valence-electron chi connectivity index (χ2n) is 16.6. The van der Waals surface area contributed by atoms with E-state index in [1.807, 2.05) is 0 Å². The third kappa shape index (κ3) is 11.7. The molecule has 502 valence electrons. The first-order valence-corrected chi connectivity index (χ1v) is 23.8. The number of hydrogen-bond donors (Lipinski definition) is 2. The van der Waals surface area contributed by atoms with Gasteiger partial charge in [0.25, 0.3) is 20.0 Å². The van der Waals surface area contributed by atoms with Crippen LogP contribution < -0.4 is 0 Å². The molecule has 0 spiro atoms. The Morgan fingerprint density at radius 3 is 0.733 bits per heavy atom. The predicted octanol–water partition coefficient (Wildman–Crippen LogP) is 11.4. The van der Waals surface area contributed by atoms with Gasteiger partial charge in [-0.25, -0.2) is 36.0 Å². The number of carboxylic acid groups (broad SMARTS) is 2. The zero-order chi connectivity index (χ0) is 69.3. The van der Waals surface area contributed by atoms with Crippen molar-refractivity contribution in [2.24, 2.45) is 0 Å². The van der Waals surface area contributed by atoms with Gasteiger partial charge in [-0.15, -0.1) is 0 Å². The first-order valence-electron chi connectivity index (χ1n) is 20.9. The first kappa shape index (κ1) is 78.6. The summed E-state index contributed by atoms with van der Waals surface area (Å²) in [5.74, 6) is -118. The molecule has 0 atom stereocenters. The number of halogens is 34. The molecule has 0 heterocycles. The molecule has 0 fully saturated rings. The van der Waals surface area contributed by atoms with Crippen LogP contribution in [0.25, 0.3) is 0 Å². The van der Waals surface area contributed by atoms with Gasteiger partial charge in [0.1, 0.15) is 13.2 Å². The van der Waals surface area contributed by atoms with Crippen molar-refractivity contribution in [2.75, 3.05) is 39.4 Å². The van der Waals surface area contributed by atoms with Crippen molar-refractivity contribution in [3.8, 4) is 0 Å². The van der Waals surface area contributed by atoms with Crippen molar-refractivity contribution in [3.63, 3.8) is 0 Å². The van der Waals surface area contributed by atoms with Gasteiger partial charge in [0.2, 0.25) is 0 Å². The number of sulfonamides is 2. The Balaban J connectivity index is 3.73. The maximum absolute atomic E-state index is 15.0. The van der Waals surface area contributed by atoms with Crippen molar-refractivity contribution < 1.29 is 205 Å². The molecule has 14 nitrogen and oxygen atoms in total. The van der Waals surface area contributed by atoms with Crippen molar-refractivity contribution in [3.05, 3.63) is 34.4 Å². The number of carbonyl (C=O) groups is 4. The number of nitrogens with zero attached hydrogens (tertiary/aromatic N) is 2. The van der Waals surface area contributed by atoms with Gasteiger partial charge >= 0.3 is 118 Å². The molecule has 0 amide bonds. The Hall–Kier alpha value is -5.46. The van der Waals surface area contributed by atoms with Crippen LogP contribution in [0.4, 0.5) is 149 Å². The number of carbonyl (C=O) groups excluding carboxylic acids is 2. The van der Waals surface area contributed by atoms with Gasteiger partial charge in [-0.1, -0.05) is 13.8 Å². The second kappa shape index (κ2) is 23.5. The molecule has 0 aromatic heterocycles. The zero-order valence-electron chi connectivity index (χ0n) is 40.4. The summed E-state index contributed by atoms with van der Waals surface area (Å²) in [5, 5.41) is 2.88. The van der Waals surface area contributed by atoms with E-state index in [4.69, 9.17) is 0 Å². The van der Waals surface area contributed by atoms with Crippen LogP contribution in [-0.2, 0) is 29.5 Å². The van der Waals surface area contributed by atoms with Crippen LogP contribution in [0.2, 0.25) is 0 Å². The van der Waals surface area contributed by atoms with E-state index in [0.29, 0.717) is 13.8 Å². The first-order chi connectivity index (χ1) is 37.5. The van der Waals surface area contributed by atoms with Crippen LogP contribution in [0, 0.1) is 0 Å². The Labute approximate surface area is 452 Å². The number of aromatic carboxylic acids is 2. The predicted molar refractivity (Wildman–Crippen MR) is 204 cm³/mol. The fraction of sp³-hybridized carbons (Fsp3) is 0.722. The van der Waals surface area contributed by atoms with E-state index in [0.717, 1.165) is 0 Å². The van der Waals surface area contributed by atoms with Gasteiger partial charge in [-0.3, -0.25) is 0 Å². The van der Waals surface area contributed by atoms with Gasteiger partial charge in [0, 0.05) is 26.2 Å². The maximum Gasteiger partial charge on any atom is 0.460 e. The minimum absolute atomic E-state index is 0.373. The summed E-state index contributed by atoms with van der Waals surface area (Å²) in [6.07, 6.45) is -18.5. The molecule has 0 saturated heterocycles. The highest BCUT2D eigenvalue weighted by Crippen LogP contribution is 2.67. The molecule has 1 aromatic rings. The molecule has 86 heavy (non-hydrogen) atoms. The SMILES string of the molecule is CCCN(CCOC(=O)c1cc(C(=O)O)c(C(=O)OCCN(CCC)S(=O)(=O)C(F)(F)C(F)(F)C(F)(F)C(F)(F)C(F)(F)C(F)(F)C(F)(F)C(F)(F)F)cc1C(=O)O)S(=O)(=O)C(F)(F)C(F)(F)C(F)(F)C(F)(F)C(F)(F)C(F)(F)C(F)(F)C(F)(F)F. The molecule has 50 heteroatoms. The molecule has 0 aliphatic heterocycles. The quantitative estimate of drug-likeness (QED) is 0.0546. The van der Waals surface area contributed by atoms with E-state index in [1.165, 1.54) is 0 Å². The lowest BCUT2D eigenvalue weighted by molar-refractivity contribution is -0.458. The Morgan fingerprint density at radius 2 is 0.547 bits per heavy atom. The third-order valence-corrected chi connectivity index (χ3v) is 14.8. The smallest absolute Gasteiger partial charge is 0.460 e. The fourth-order valence-corrected chi connectivity index (χ4v) is 9.11. The highest BCUT2D eigenvalue weighted by atomic mass is 32.2. The summed E-state index contributed by atoms with van der Waals surface area (Å²) >= 11 is 0. The average molecular weight is 1390 g/mol. The number of carboxylic acids is 2. The molecule has 0 bridgehead atoms. The van der Waals surface area contributed by atoms with Crippen molar-refractivity contribution in [2.45, 2.75) is 121 Å². The topological polar surface area (TPSA) is 202 Å². The second-order valence-corrected chi connectivity index (χ2v) is 20.5. The lowest BCUT2D eigenvalue weighted by Crippen LogP contribution is -2.75. The van der Waals surface area contributed by atoms with Crippen molar-refractivity contribution in [1.82, 2.24) is 8.61 Å². The highest BCUT2D eigenvalue weighted by Gasteiger charge is 2.98. The summed E-state index contributed by atoms with van der Waals surface area (Å²) in [6.45, 7) is -11.4. The Bertz CT molecular complexity index is 2730. The number of ether oxygens (including phenoxy) is 2. The number of alkyl halides is 34. The van der Waals surface area contributed by atoms with Crippen LogP contribution in [0.1, 0.15) is 68.1 Å². The number of hydrogen-bond acceptors (Lipinski definition) is 10. The van der Waals surface area contributed by atoms with Gasteiger partial charge in [-0.2, -0.15) is 158 Å². The molecule has 1 aromatic carbocycles. The minimum atomic E-state index is -9.26. The van der Waals surface area contributed by atoms with Gasteiger partial charge < -0.3 is 19.7 Å². The lowest BCUT2D eigenvalue weighted by atomic mass is 9.91. The largest absolute Gasteiger partial charge is 0.478 e. The van der Waals surface area contributed by atoms with Crippen LogP contribution in [-0.4, -0.2) is 193 Å². The van der Waals surface area contributed by atoms with Crippen molar-refractivity contribution in [1.29, 1.82) is 0 Å². The van der Waals surface area contributed by atoms with Gasteiger partial charge in [-0.05, 0) is 25.0 Å². The molecule has 0 saturated carbocycles. The maximum atomic E-state index is 15.0. The summed E-state index contributed by atoms with van der Waals surface area (Å²) in [5.41, 5.74) is -7.39. The number of esters is 2.